The van der Waals surface area contributed by atoms with Crippen LogP contribution in [0, 0.1) is 0 Å². The van der Waals surface area contributed by atoms with Crippen molar-refractivity contribution in [1.82, 2.24) is 5.32 Å². The maximum Gasteiger partial charge on any atom is 0.251 e. The Morgan fingerprint density at radius 2 is 1.44 bits per heavy atom. The molecule has 0 heterocycles. The molecule has 2 nitrogen and oxygen atoms in total. The highest BCUT2D eigenvalue weighted by molar-refractivity contribution is 6.21. The van der Waals surface area contributed by atoms with E-state index in [0.29, 0.717) is 12.1 Å². The van der Waals surface area contributed by atoms with Crippen LogP contribution in [0.15, 0.2) is 121 Å². The summed E-state index contributed by atoms with van der Waals surface area (Å²) in [7, 11) is 0. The number of benzene rings is 4. The van der Waals surface area contributed by atoms with E-state index in [2.05, 4.69) is 78.1 Å². The number of hydrogen-bond donors (Lipinski definition) is 1. The van der Waals surface area contributed by atoms with Crippen molar-refractivity contribution >= 4 is 23.6 Å². The minimum atomic E-state index is -0.315. The summed E-state index contributed by atoms with van der Waals surface area (Å²) < 4.78 is 0. The van der Waals surface area contributed by atoms with Crippen LogP contribution in [0.2, 0.25) is 0 Å². The second kappa shape index (κ2) is 11.0. The Morgan fingerprint density at radius 3 is 2.17 bits per heavy atom. The van der Waals surface area contributed by atoms with Gasteiger partial charge in [0, 0.05) is 28.8 Å². The van der Waals surface area contributed by atoms with E-state index >= 15 is 0 Å². The molecule has 1 N–H and O–H groups in total. The summed E-state index contributed by atoms with van der Waals surface area (Å²) in [6.07, 6.45) is 5.93. The molecule has 1 aliphatic carbocycles. The van der Waals surface area contributed by atoms with Crippen LogP contribution < -0.4 is 5.32 Å². The Labute approximate surface area is 218 Å². The second-order valence-corrected chi connectivity index (χ2v) is 10.1. The van der Waals surface area contributed by atoms with E-state index in [9.17, 15) is 4.79 Å². The van der Waals surface area contributed by atoms with Crippen LogP contribution in [-0.4, -0.2) is 17.8 Å². The van der Waals surface area contributed by atoms with Crippen molar-refractivity contribution in [3.05, 3.63) is 149 Å². The van der Waals surface area contributed by atoms with Crippen molar-refractivity contribution in [1.29, 1.82) is 0 Å². The molecule has 4 aromatic carbocycles. The van der Waals surface area contributed by atoms with Gasteiger partial charge < -0.3 is 5.32 Å². The zero-order chi connectivity index (χ0) is 24.8. The Bertz CT molecular complexity index is 1320. The van der Waals surface area contributed by atoms with Gasteiger partial charge in [0.25, 0.3) is 5.91 Å². The molecule has 0 bridgehead atoms. The number of fused-ring (bicyclic) bond motifs is 1. The number of nitrogens with one attached hydrogen (secondary N) is 1. The highest BCUT2D eigenvalue weighted by Crippen LogP contribution is 2.49. The molecular weight excluding hydrogens is 462 g/mol. The third-order valence-corrected chi connectivity index (χ3v) is 7.62. The summed E-state index contributed by atoms with van der Waals surface area (Å²) in [6.45, 7) is 0.515. The van der Waals surface area contributed by atoms with Gasteiger partial charge in [-0.1, -0.05) is 115 Å². The van der Waals surface area contributed by atoms with Crippen molar-refractivity contribution in [3.63, 3.8) is 0 Å². The Hall–Kier alpha value is -3.62. The quantitative estimate of drug-likeness (QED) is 0.265. The molecule has 0 aliphatic heterocycles. The minimum absolute atomic E-state index is 0.0594. The molecule has 5 rings (SSSR count). The maximum absolute atomic E-state index is 13.0. The number of amides is 1. The molecule has 0 spiro atoms. The molecule has 36 heavy (non-hydrogen) atoms. The largest absolute Gasteiger partial charge is 0.351 e. The van der Waals surface area contributed by atoms with Gasteiger partial charge in [0.05, 0.1) is 0 Å². The van der Waals surface area contributed by atoms with E-state index in [1.807, 2.05) is 54.6 Å². The average molecular weight is 492 g/mol. The van der Waals surface area contributed by atoms with Gasteiger partial charge in [-0.2, -0.15) is 0 Å². The van der Waals surface area contributed by atoms with Crippen molar-refractivity contribution in [2.24, 2.45) is 0 Å². The van der Waals surface area contributed by atoms with Crippen LogP contribution in [0.25, 0.3) is 6.08 Å². The monoisotopic (exact) mass is 491 g/mol. The summed E-state index contributed by atoms with van der Waals surface area (Å²) in [6, 6.07) is 38.9. The zero-order valence-corrected chi connectivity index (χ0v) is 20.9. The lowest BCUT2D eigenvalue weighted by atomic mass is 9.63. The summed E-state index contributed by atoms with van der Waals surface area (Å²) in [4.78, 5) is 13.0. The smallest absolute Gasteiger partial charge is 0.251 e. The number of carbonyl (C=O) groups excluding carboxylic acids is 1. The van der Waals surface area contributed by atoms with Gasteiger partial charge in [0.1, 0.15) is 0 Å². The molecule has 0 unspecified atom stereocenters. The molecule has 0 saturated heterocycles. The van der Waals surface area contributed by atoms with E-state index in [-0.39, 0.29) is 22.6 Å². The lowest BCUT2D eigenvalue weighted by Gasteiger charge is -2.44. The van der Waals surface area contributed by atoms with E-state index in [4.69, 9.17) is 11.6 Å². The fourth-order valence-corrected chi connectivity index (χ4v) is 6.03. The summed E-state index contributed by atoms with van der Waals surface area (Å²) >= 11 is 7.22. The van der Waals surface area contributed by atoms with Crippen LogP contribution in [0.4, 0.5) is 0 Å². The first kappa shape index (κ1) is 24.1. The first-order valence-corrected chi connectivity index (χ1v) is 12.9. The number of hydrogen-bond acceptors (Lipinski definition) is 1. The van der Waals surface area contributed by atoms with Crippen molar-refractivity contribution in [3.8, 4) is 0 Å². The van der Waals surface area contributed by atoms with Crippen LogP contribution >= 0.6 is 11.6 Å². The first-order chi connectivity index (χ1) is 17.7. The summed E-state index contributed by atoms with van der Waals surface area (Å²) in [5, 5.41) is 3.15. The molecule has 4 aromatic rings. The van der Waals surface area contributed by atoms with E-state index in [1.54, 1.807) is 0 Å². The van der Waals surface area contributed by atoms with Crippen molar-refractivity contribution < 1.29 is 4.79 Å². The van der Waals surface area contributed by atoms with Crippen molar-refractivity contribution in [2.45, 2.75) is 29.6 Å². The van der Waals surface area contributed by atoms with Gasteiger partial charge >= 0.3 is 0 Å². The highest BCUT2D eigenvalue weighted by Gasteiger charge is 2.44. The highest BCUT2D eigenvalue weighted by atomic mass is 35.5. The van der Waals surface area contributed by atoms with Gasteiger partial charge in [-0.3, -0.25) is 4.79 Å². The van der Waals surface area contributed by atoms with Gasteiger partial charge in [0.2, 0.25) is 0 Å². The zero-order valence-electron chi connectivity index (χ0n) is 20.2. The number of rotatable bonds is 7. The van der Waals surface area contributed by atoms with Gasteiger partial charge in [0.15, 0.2) is 0 Å². The van der Waals surface area contributed by atoms with Crippen LogP contribution in [0.1, 0.15) is 51.4 Å². The molecule has 180 valence electrons. The first-order valence-electron chi connectivity index (χ1n) is 12.5. The summed E-state index contributed by atoms with van der Waals surface area (Å²) in [5.41, 5.74) is 5.26. The molecule has 0 aromatic heterocycles. The molecule has 1 amide bonds. The predicted molar refractivity (Wildman–Crippen MR) is 150 cm³/mol. The SMILES string of the molecule is O=C(NC[C@]1(C/C=C/c2ccccc2)C[C@@H](Cl)[C@H](c2ccccc2)c2ccccc21)c1ccccc1. The third-order valence-electron chi connectivity index (χ3n) is 7.22. The third kappa shape index (κ3) is 5.15. The normalized spacial score (nSPS) is 21.1. The maximum atomic E-state index is 13.0. The fourth-order valence-electron chi connectivity index (χ4n) is 5.45. The molecule has 3 atom stereocenters. The van der Waals surface area contributed by atoms with Crippen LogP contribution in [0.3, 0.4) is 0 Å². The second-order valence-electron chi connectivity index (χ2n) is 9.54. The molecule has 1 aliphatic rings. The minimum Gasteiger partial charge on any atom is -0.351 e. The topological polar surface area (TPSA) is 29.1 Å². The van der Waals surface area contributed by atoms with Gasteiger partial charge in [-0.05, 0) is 47.2 Å². The Morgan fingerprint density at radius 1 is 0.833 bits per heavy atom. The Balaban J connectivity index is 1.52. The fraction of sp³-hybridized carbons (Fsp3) is 0.182. The van der Waals surface area contributed by atoms with Crippen LogP contribution in [0.5, 0.6) is 0 Å². The van der Waals surface area contributed by atoms with E-state index < -0.39 is 0 Å². The lowest BCUT2D eigenvalue weighted by molar-refractivity contribution is 0.0940. The molecular formula is C33H30ClNO. The molecule has 0 saturated carbocycles. The number of alkyl halides is 1. The average Bonchev–Trinajstić information content (AvgIpc) is 2.93. The summed E-state index contributed by atoms with van der Waals surface area (Å²) in [5.74, 6) is 0.0518. The van der Waals surface area contributed by atoms with Crippen LogP contribution in [-0.2, 0) is 5.41 Å². The van der Waals surface area contributed by atoms with Gasteiger partial charge in [-0.15, -0.1) is 11.6 Å². The molecule has 0 radical (unpaired) electrons. The van der Waals surface area contributed by atoms with E-state index in [0.717, 1.165) is 18.4 Å². The number of halogens is 1. The lowest BCUT2D eigenvalue weighted by Crippen LogP contribution is -2.46. The molecule has 3 heteroatoms. The Kier molecular flexibility index (Phi) is 7.34. The standard InChI is InChI=1S/C33H30ClNO/c34-30-23-33(22-12-15-25-13-4-1-5-14-25,24-35-32(36)27-18-8-3-9-19-27)29-21-11-10-20-28(29)31(30)26-16-6-2-7-17-26/h1-21,30-31H,22-24H2,(H,35,36)/b15-12+/t30-,31-,33+/m1/s1. The number of allylic oxidation sites excluding steroid dienone is 1. The van der Waals surface area contributed by atoms with E-state index in [1.165, 1.54) is 16.7 Å². The molecule has 0 fully saturated rings. The van der Waals surface area contributed by atoms with Crippen molar-refractivity contribution in [2.75, 3.05) is 6.54 Å². The predicted octanol–water partition coefficient (Wildman–Crippen LogP) is 7.60. The number of carbonyl (C=O) groups is 1. The van der Waals surface area contributed by atoms with Gasteiger partial charge in [-0.25, -0.2) is 0 Å².